The van der Waals surface area contributed by atoms with E-state index in [9.17, 15) is 4.39 Å². The van der Waals surface area contributed by atoms with Gasteiger partial charge < -0.3 is 9.15 Å². The van der Waals surface area contributed by atoms with Crippen LogP contribution in [0.5, 0.6) is 5.75 Å². The topological polar surface area (TPSA) is 68.3 Å². The maximum Gasteiger partial charge on any atom is 0.216 e. The van der Waals surface area contributed by atoms with E-state index in [1.165, 1.54) is 22.9 Å². The molecule has 0 radical (unpaired) electrons. The lowest BCUT2D eigenvalue weighted by molar-refractivity contribution is 0.269. The predicted octanol–water partition coefficient (Wildman–Crippen LogP) is 4.35. The number of aryl methyl sites for hydroxylation is 1. The SMILES string of the molecule is CCc1n[nH]c(=S)n1N=Cc1ccc(COc2ccc(F)c(Cl)c2)o1. The molecule has 0 atom stereocenters. The van der Waals surface area contributed by atoms with E-state index in [0.29, 0.717) is 28.5 Å². The van der Waals surface area contributed by atoms with Gasteiger partial charge in [0.25, 0.3) is 0 Å². The molecule has 0 fully saturated rings. The van der Waals surface area contributed by atoms with Gasteiger partial charge in [0.15, 0.2) is 5.82 Å². The van der Waals surface area contributed by atoms with Gasteiger partial charge in [-0.2, -0.15) is 14.9 Å². The number of benzene rings is 1. The lowest BCUT2D eigenvalue weighted by atomic mass is 10.3. The normalized spacial score (nSPS) is 11.3. The van der Waals surface area contributed by atoms with Crippen LogP contribution in [0.15, 0.2) is 39.9 Å². The minimum Gasteiger partial charge on any atom is -0.486 e. The zero-order chi connectivity index (χ0) is 17.8. The fourth-order valence-electron chi connectivity index (χ4n) is 2.05. The van der Waals surface area contributed by atoms with Gasteiger partial charge in [-0.15, -0.1) is 0 Å². The Kier molecular flexibility index (Phi) is 5.30. The van der Waals surface area contributed by atoms with Crippen molar-refractivity contribution in [3.05, 3.63) is 63.3 Å². The first-order valence-electron chi connectivity index (χ1n) is 7.44. The summed E-state index contributed by atoms with van der Waals surface area (Å²) in [7, 11) is 0. The van der Waals surface area contributed by atoms with E-state index >= 15 is 0 Å². The Labute approximate surface area is 152 Å². The standard InChI is InChI=1S/C16H14ClFN4O2S/c1-2-15-20-21-16(25)22(15)19-8-11-3-4-12(24-11)9-23-10-5-6-14(18)13(17)7-10/h3-8H,2,9H2,1H3,(H,21,25). The number of halogens is 2. The summed E-state index contributed by atoms with van der Waals surface area (Å²) in [6.07, 6.45) is 2.24. The lowest BCUT2D eigenvalue weighted by Gasteiger charge is -2.04. The van der Waals surface area contributed by atoms with Crippen molar-refractivity contribution in [2.75, 3.05) is 0 Å². The highest BCUT2D eigenvalue weighted by molar-refractivity contribution is 7.71. The number of hydrogen-bond acceptors (Lipinski definition) is 5. The molecular formula is C16H14ClFN4O2S. The molecule has 130 valence electrons. The van der Waals surface area contributed by atoms with Crippen molar-refractivity contribution in [3.8, 4) is 5.75 Å². The predicted molar refractivity (Wildman–Crippen MR) is 94.2 cm³/mol. The monoisotopic (exact) mass is 380 g/mol. The van der Waals surface area contributed by atoms with Gasteiger partial charge in [-0.25, -0.2) is 4.39 Å². The molecule has 1 N–H and O–H groups in total. The summed E-state index contributed by atoms with van der Waals surface area (Å²) in [5, 5.41) is 11.0. The Morgan fingerprint density at radius 2 is 2.28 bits per heavy atom. The van der Waals surface area contributed by atoms with Gasteiger partial charge >= 0.3 is 0 Å². The van der Waals surface area contributed by atoms with Crippen LogP contribution in [0.25, 0.3) is 0 Å². The highest BCUT2D eigenvalue weighted by Crippen LogP contribution is 2.22. The maximum absolute atomic E-state index is 13.1. The summed E-state index contributed by atoms with van der Waals surface area (Å²) in [5.74, 6) is 1.82. The molecular weight excluding hydrogens is 367 g/mol. The summed E-state index contributed by atoms with van der Waals surface area (Å²) in [6, 6.07) is 7.68. The van der Waals surface area contributed by atoms with E-state index in [-0.39, 0.29) is 11.6 Å². The first kappa shape index (κ1) is 17.4. The van der Waals surface area contributed by atoms with Crippen LogP contribution >= 0.6 is 23.8 Å². The minimum atomic E-state index is -0.491. The second kappa shape index (κ2) is 7.62. The molecule has 3 rings (SSSR count). The molecule has 0 unspecified atom stereocenters. The van der Waals surface area contributed by atoms with Crippen molar-refractivity contribution in [1.82, 2.24) is 14.9 Å². The van der Waals surface area contributed by atoms with Gasteiger partial charge in [0.2, 0.25) is 4.77 Å². The number of furan rings is 1. The molecule has 6 nitrogen and oxygen atoms in total. The van der Waals surface area contributed by atoms with Crippen LogP contribution < -0.4 is 4.74 Å². The zero-order valence-corrected chi connectivity index (χ0v) is 14.8. The molecule has 0 aliphatic rings. The van der Waals surface area contributed by atoms with Crippen LogP contribution in [-0.4, -0.2) is 21.1 Å². The number of nitrogens with one attached hydrogen (secondary N) is 1. The van der Waals surface area contributed by atoms with Crippen LogP contribution in [0.2, 0.25) is 5.02 Å². The smallest absolute Gasteiger partial charge is 0.216 e. The Bertz CT molecular complexity index is 963. The molecule has 0 saturated carbocycles. The third-order valence-corrected chi connectivity index (χ3v) is 3.84. The van der Waals surface area contributed by atoms with E-state index in [4.69, 9.17) is 33.0 Å². The first-order chi connectivity index (χ1) is 12.1. The molecule has 0 aliphatic carbocycles. The number of aromatic amines is 1. The molecule has 0 spiro atoms. The van der Waals surface area contributed by atoms with Crippen molar-refractivity contribution in [2.24, 2.45) is 5.10 Å². The van der Waals surface area contributed by atoms with Crippen LogP contribution in [0, 0.1) is 10.6 Å². The number of hydrogen-bond donors (Lipinski definition) is 1. The molecule has 1 aromatic carbocycles. The van der Waals surface area contributed by atoms with Gasteiger partial charge in [0.1, 0.15) is 29.7 Å². The Morgan fingerprint density at radius 1 is 1.44 bits per heavy atom. The van der Waals surface area contributed by atoms with Crippen LogP contribution in [0.3, 0.4) is 0 Å². The highest BCUT2D eigenvalue weighted by atomic mass is 35.5. The fourth-order valence-corrected chi connectivity index (χ4v) is 2.42. The Balaban J connectivity index is 1.66. The molecule has 2 aromatic heterocycles. The van der Waals surface area contributed by atoms with Gasteiger partial charge in [0, 0.05) is 12.5 Å². The molecule has 3 aromatic rings. The third-order valence-electron chi connectivity index (χ3n) is 3.29. The molecule has 0 saturated heterocycles. The first-order valence-corrected chi connectivity index (χ1v) is 8.22. The van der Waals surface area contributed by atoms with E-state index in [0.717, 1.165) is 5.82 Å². The Hall–Kier alpha value is -2.45. The number of nitrogens with zero attached hydrogens (tertiary/aromatic N) is 3. The molecule has 0 aliphatic heterocycles. The molecule has 9 heteroatoms. The molecule has 0 amide bonds. The van der Waals surface area contributed by atoms with E-state index in [1.54, 1.807) is 18.3 Å². The number of H-pyrrole nitrogens is 1. The van der Waals surface area contributed by atoms with Gasteiger partial charge in [0.05, 0.1) is 11.2 Å². The van der Waals surface area contributed by atoms with E-state index < -0.39 is 5.82 Å². The summed E-state index contributed by atoms with van der Waals surface area (Å²) in [5.41, 5.74) is 0. The average molecular weight is 381 g/mol. The maximum atomic E-state index is 13.1. The summed E-state index contributed by atoms with van der Waals surface area (Å²) < 4.78 is 26.2. The highest BCUT2D eigenvalue weighted by Gasteiger charge is 2.06. The third kappa shape index (κ3) is 4.15. The van der Waals surface area contributed by atoms with Crippen molar-refractivity contribution >= 4 is 30.0 Å². The molecule has 25 heavy (non-hydrogen) atoms. The van der Waals surface area contributed by atoms with Gasteiger partial charge in [-0.05, 0) is 36.5 Å². The summed E-state index contributed by atoms with van der Waals surface area (Å²) in [6.45, 7) is 2.14. The minimum absolute atomic E-state index is 0.00773. The zero-order valence-electron chi connectivity index (χ0n) is 13.2. The quantitative estimate of drug-likeness (QED) is 0.510. The summed E-state index contributed by atoms with van der Waals surface area (Å²) in [4.78, 5) is 0. The van der Waals surface area contributed by atoms with Crippen molar-refractivity contribution in [1.29, 1.82) is 0 Å². The van der Waals surface area contributed by atoms with Crippen molar-refractivity contribution in [3.63, 3.8) is 0 Å². The van der Waals surface area contributed by atoms with E-state index in [1.807, 2.05) is 6.92 Å². The van der Waals surface area contributed by atoms with Crippen molar-refractivity contribution in [2.45, 2.75) is 20.0 Å². The fraction of sp³-hybridized carbons (Fsp3) is 0.188. The van der Waals surface area contributed by atoms with Crippen LogP contribution in [0.1, 0.15) is 24.3 Å². The summed E-state index contributed by atoms with van der Waals surface area (Å²) >= 11 is 10.8. The lowest BCUT2D eigenvalue weighted by Crippen LogP contribution is -1.97. The van der Waals surface area contributed by atoms with E-state index in [2.05, 4.69) is 15.3 Å². The molecule has 2 heterocycles. The van der Waals surface area contributed by atoms with Crippen molar-refractivity contribution < 1.29 is 13.5 Å². The largest absolute Gasteiger partial charge is 0.486 e. The second-order valence-electron chi connectivity index (χ2n) is 5.02. The number of ether oxygens (including phenoxy) is 1. The number of aromatic nitrogens is 3. The number of rotatable bonds is 6. The van der Waals surface area contributed by atoms with Gasteiger partial charge in [-0.3, -0.25) is 5.10 Å². The van der Waals surface area contributed by atoms with Crippen LogP contribution in [0.4, 0.5) is 4.39 Å². The average Bonchev–Trinajstić information content (AvgIpc) is 3.20. The second-order valence-corrected chi connectivity index (χ2v) is 5.82. The van der Waals surface area contributed by atoms with Crippen LogP contribution in [-0.2, 0) is 13.0 Å². The van der Waals surface area contributed by atoms with Gasteiger partial charge in [-0.1, -0.05) is 18.5 Å². The Morgan fingerprint density at radius 3 is 3.04 bits per heavy atom. The molecule has 0 bridgehead atoms.